The van der Waals surface area contributed by atoms with Crippen molar-refractivity contribution in [3.8, 4) is 11.6 Å². The van der Waals surface area contributed by atoms with Crippen LogP contribution in [-0.4, -0.2) is 110 Å². The number of nitrogens with zero attached hydrogens (tertiary/aromatic N) is 6. The van der Waals surface area contributed by atoms with Gasteiger partial charge in [0.05, 0.1) is 42.7 Å². The van der Waals surface area contributed by atoms with Gasteiger partial charge in [0.25, 0.3) is 5.91 Å². The molecule has 7 rings (SSSR count). The number of anilines is 1. The molecule has 300 valence electrons. The maximum atomic E-state index is 14.7. The second-order valence-corrected chi connectivity index (χ2v) is 14.4. The lowest BCUT2D eigenvalue weighted by Gasteiger charge is -2.55. The van der Waals surface area contributed by atoms with Crippen LogP contribution in [0.1, 0.15) is 33.5 Å². The summed E-state index contributed by atoms with van der Waals surface area (Å²) >= 11 is 0. The number of phenols is 1. The number of aromatic hydroxyl groups is 1. The van der Waals surface area contributed by atoms with Crippen LogP contribution in [0.5, 0.6) is 11.6 Å². The Bertz CT molecular complexity index is 2280. The van der Waals surface area contributed by atoms with E-state index in [1.807, 2.05) is 60.1 Å². The summed E-state index contributed by atoms with van der Waals surface area (Å²) in [5, 5.41) is 17.0. The van der Waals surface area contributed by atoms with Crippen molar-refractivity contribution in [2.24, 2.45) is 7.05 Å². The molecule has 0 saturated carbocycles. The predicted octanol–water partition coefficient (Wildman–Crippen LogP) is 4.54. The first-order chi connectivity index (χ1) is 28.1. The van der Waals surface area contributed by atoms with Crippen molar-refractivity contribution in [2.75, 3.05) is 45.3 Å². The minimum atomic E-state index is -0.926. The van der Waals surface area contributed by atoms with Crippen molar-refractivity contribution < 1.29 is 33.8 Å². The zero-order valence-corrected chi connectivity index (χ0v) is 32.6. The number of piperazine rings is 1. The molecule has 2 aromatic heterocycles. The van der Waals surface area contributed by atoms with Gasteiger partial charge in [0, 0.05) is 57.7 Å². The highest BCUT2D eigenvalue weighted by molar-refractivity contribution is 6.13. The van der Waals surface area contributed by atoms with Crippen LogP contribution in [-0.2, 0) is 45.6 Å². The molecule has 2 fully saturated rings. The molecular formula is C44H47N7O7. The van der Waals surface area contributed by atoms with E-state index in [1.165, 1.54) is 6.20 Å². The number of hydrogen-bond acceptors (Lipinski definition) is 9. The number of hydrazine groups is 1. The molecule has 5 aromatic rings. The van der Waals surface area contributed by atoms with Crippen LogP contribution in [0.15, 0.2) is 110 Å². The first-order valence-corrected chi connectivity index (χ1v) is 19.2. The molecule has 58 heavy (non-hydrogen) atoms. The molecule has 2 N–H and O–H groups in total. The SMILES string of the molecule is C=CCN1CC(=O)N2[C@@H](Cc3ccc(O)cc3)C(=O)N(Cc3cccc4c(C(=O)Nc5ccc(OCCOC)nc5)cn(C)c34)C[C@@H]2N1C(=O)CCc1ccccc1. The quantitative estimate of drug-likeness (QED) is 0.115. The zero-order valence-electron chi connectivity index (χ0n) is 32.6. The van der Waals surface area contributed by atoms with Crippen LogP contribution in [0.2, 0.25) is 0 Å². The average molecular weight is 786 g/mol. The summed E-state index contributed by atoms with van der Waals surface area (Å²) in [6.07, 6.45) is 5.04. The van der Waals surface area contributed by atoms with Gasteiger partial charge in [-0.05, 0) is 41.3 Å². The number of pyridine rings is 1. The van der Waals surface area contributed by atoms with E-state index in [2.05, 4.69) is 16.9 Å². The molecule has 0 spiro atoms. The number of hydrogen-bond donors (Lipinski definition) is 2. The van der Waals surface area contributed by atoms with Crippen LogP contribution in [0.3, 0.4) is 0 Å². The third kappa shape index (κ3) is 8.58. The minimum Gasteiger partial charge on any atom is -0.508 e. The van der Waals surface area contributed by atoms with Gasteiger partial charge < -0.3 is 34.3 Å². The average Bonchev–Trinajstić information content (AvgIpc) is 3.57. The lowest BCUT2D eigenvalue weighted by molar-refractivity contribution is -0.205. The van der Waals surface area contributed by atoms with Crippen molar-refractivity contribution in [3.63, 3.8) is 0 Å². The number of aryl methyl sites for hydroxylation is 2. The molecule has 0 bridgehead atoms. The Hall–Kier alpha value is -6.51. The van der Waals surface area contributed by atoms with E-state index in [0.717, 1.165) is 22.2 Å². The molecular weight excluding hydrogens is 739 g/mol. The fourth-order valence-electron chi connectivity index (χ4n) is 7.80. The third-order valence-electron chi connectivity index (χ3n) is 10.5. The number of benzene rings is 3. The number of methoxy groups -OCH3 is 1. The largest absolute Gasteiger partial charge is 0.508 e. The predicted molar refractivity (Wildman–Crippen MR) is 218 cm³/mol. The second-order valence-electron chi connectivity index (χ2n) is 14.4. The van der Waals surface area contributed by atoms with Gasteiger partial charge in [-0.2, -0.15) is 0 Å². The summed E-state index contributed by atoms with van der Waals surface area (Å²) in [5.41, 5.74) is 4.26. The summed E-state index contributed by atoms with van der Waals surface area (Å²) in [5.74, 6) is -0.531. The van der Waals surface area contributed by atoms with Crippen LogP contribution in [0.25, 0.3) is 10.9 Å². The summed E-state index contributed by atoms with van der Waals surface area (Å²) in [4.78, 5) is 64.3. The van der Waals surface area contributed by atoms with Gasteiger partial charge >= 0.3 is 0 Å². The Morgan fingerprint density at radius 3 is 2.50 bits per heavy atom. The topological polar surface area (TPSA) is 150 Å². The molecule has 2 saturated heterocycles. The molecule has 2 atom stereocenters. The molecule has 0 aliphatic carbocycles. The van der Waals surface area contributed by atoms with Gasteiger partial charge in [-0.25, -0.2) is 15.0 Å². The van der Waals surface area contributed by atoms with Gasteiger partial charge in [0.15, 0.2) is 0 Å². The fraction of sp³-hybridized carbons (Fsp3) is 0.295. The number of rotatable bonds is 15. The summed E-state index contributed by atoms with van der Waals surface area (Å²) in [6.45, 7) is 5.06. The van der Waals surface area contributed by atoms with Crippen LogP contribution in [0, 0.1) is 0 Å². The third-order valence-corrected chi connectivity index (χ3v) is 10.5. The van der Waals surface area contributed by atoms with E-state index in [9.17, 15) is 24.3 Å². The Morgan fingerprint density at radius 1 is 0.983 bits per heavy atom. The van der Waals surface area contributed by atoms with Crippen LogP contribution < -0.4 is 10.1 Å². The van der Waals surface area contributed by atoms with E-state index in [-0.39, 0.29) is 68.4 Å². The number of aromatic nitrogens is 2. The molecule has 0 unspecified atom stereocenters. The first kappa shape index (κ1) is 39.7. The highest BCUT2D eigenvalue weighted by atomic mass is 16.5. The number of carbonyl (C=O) groups excluding carboxylic acids is 4. The second kappa shape index (κ2) is 17.7. The number of amides is 4. The molecule has 14 heteroatoms. The molecule has 4 amide bonds. The molecule has 2 aliphatic heterocycles. The van der Waals surface area contributed by atoms with Gasteiger partial charge in [0.2, 0.25) is 23.6 Å². The van der Waals surface area contributed by atoms with E-state index < -0.39 is 12.2 Å². The number of nitrogens with one attached hydrogen (secondary N) is 1. The van der Waals surface area contributed by atoms with Crippen molar-refractivity contribution in [2.45, 2.75) is 38.0 Å². The smallest absolute Gasteiger partial charge is 0.257 e. The van der Waals surface area contributed by atoms with E-state index in [1.54, 1.807) is 75.6 Å². The molecule has 4 heterocycles. The van der Waals surface area contributed by atoms with Crippen molar-refractivity contribution >= 4 is 40.2 Å². The highest BCUT2D eigenvalue weighted by Crippen LogP contribution is 2.32. The number of fused-ring (bicyclic) bond motifs is 2. The number of para-hydroxylation sites is 1. The number of phenolic OH excluding ortho intramolecular Hbond substituents is 1. The first-order valence-electron chi connectivity index (χ1n) is 19.2. The van der Waals surface area contributed by atoms with Crippen LogP contribution >= 0.6 is 0 Å². The lowest BCUT2D eigenvalue weighted by Crippen LogP contribution is -2.75. The van der Waals surface area contributed by atoms with Crippen molar-refractivity contribution in [3.05, 3.63) is 132 Å². The lowest BCUT2D eigenvalue weighted by atomic mass is 9.97. The molecule has 3 aromatic carbocycles. The summed E-state index contributed by atoms with van der Waals surface area (Å²) < 4.78 is 12.4. The maximum absolute atomic E-state index is 14.7. The summed E-state index contributed by atoms with van der Waals surface area (Å²) in [7, 11) is 3.44. The Balaban J connectivity index is 1.19. The fourth-order valence-corrected chi connectivity index (χ4v) is 7.80. The minimum absolute atomic E-state index is 0.0632. The number of ether oxygens (including phenoxy) is 2. The molecule has 0 radical (unpaired) electrons. The van der Waals surface area contributed by atoms with E-state index >= 15 is 0 Å². The molecule has 2 aliphatic rings. The normalized spacial score (nSPS) is 17.0. The van der Waals surface area contributed by atoms with Crippen LogP contribution in [0.4, 0.5) is 5.69 Å². The molecule has 14 nitrogen and oxygen atoms in total. The Labute approximate surface area is 336 Å². The van der Waals surface area contributed by atoms with E-state index in [0.29, 0.717) is 42.2 Å². The van der Waals surface area contributed by atoms with E-state index in [4.69, 9.17) is 9.47 Å². The van der Waals surface area contributed by atoms with Gasteiger partial charge in [-0.1, -0.05) is 66.7 Å². The monoisotopic (exact) mass is 785 g/mol. The Morgan fingerprint density at radius 2 is 1.78 bits per heavy atom. The number of carbonyl (C=O) groups is 4. The van der Waals surface area contributed by atoms with Gasteiger partial charge in [0.1, 0.15) is 24.6 Å². The summed E-state index contributed by atoms with van der Waals surface area (Å²) in [6, 6.07) is 24.4. The maximum Gasteiger partial charge on any atom is 0.257 e. The van der Waals surface area contributed by atoms with Gasteiger partial charge in [-0.15, -0.1) is 6.58 Å². The Kier molecular flexibility index (Phi) is 12.1. The van der Waals surface area contributed by atoms with Crippen molar-refractivity contribution in [1.29, 1.82) is 0 Å². The van der Waals surface area contributed by atoms with Gasteiger partial charge in [-0.3, -0.25) is 19.2 Å². The van der Waals surface area contributed by atoms with Crippen molar-refractivity contribution in [1.82, 2.24) is 29.4 Å². The highest BCUT2D eigenvalue weighted by Gasteiger charge is 2.51. The standard InChI is InChI=1S/C44H47N7O7/c1-4-21-49-29-41(54)50-37(24-31-13-17-34(52)18-14-31)44(56)48(28-39(50)51(49)40(53)20-15-30-9-6-5-7-10-30)26-32-11-8-12-35-36(27-47(2)42(32)35)43(55)46-33-16-19-38(45-25-33)58-23-22-57-3/h4-14,16-19,25,27,37,39,52H,1,15,20-24,26,28-29H2,2-3H3,(H,46,55)/t37-,39-/m0/s1. The zero-order chi connectivity index (χ0) is 40.8.